The summed E-state index contributed by atoms with van der Waals surface area (Å²) in [7, 11) is 0. The molecule has 0 atom stereocenters. The van der Waals surface area contributed by atoms with E-state index >= 15 is 0 Å². The van der Waals surface area contributed by atoms with Crippen molar-refractivity contribution in [2.24, 2.45) is 10.7 Å². The molecule has 0 amide bonds. The molecule has 0 aromatic heterocycles. The number of hydrogen-bond acceptors (Lipinski definition) is 1. The molecule has 0 saturated heterocycles. The minimum atomic E-state index is -4.41. The third-order valence-electron chi connectivity index (χ3n) is 1.90. The molecule has 0 radical (unpaired) electrons. The molecule has 1 rings (SSSR count). The molecule has 1 aromatic rings. The summed E-state index contributed by atoms with van der Waals surface area (Å²) in [6, 6.07) is 2.94. The number of amidine groups is 1. The van der Waals surface area contributed by atoms with Crippen molar-refractivity contribution in [1.29, 1.82) is 0 Å². The third kappa shape index (κ3) is 3.13. The number of benzene rings is 1. The first kappa shape index (κ1) is 12.8. The number of hydrogen-bond donors (Lipinski definition) is 1. The zero-order valence-corrected chi connectivity index (χ0v) is 9.23. The number of nitrogens with two attached hydrogens (primary N) is 1. The van der Waals surface area contributed by atoms with Gasteiger partial charge in [-0.05, 0) is 18.2 Å². The van der Waals surface area contributed by atoms with Gasteiger partial charge in [0.25, 0.3) is 0 Å². The van der Waals surface area contributed by atoms with Crippen LogP contribution in [-0.4, -0.2) is 5.84 Å². The monoisotopic (exact) mass is 250 g/mol. The minimum absolute atomic E-state index is 0.0378. The van der Waals surface area contributed by atoms with E-state index in [1.54, 1.807) is 6.92 Å². The van der Waals surface area contributed by atoms with Gasteiger partial charge in [0.2, 0.25) is 0 Å². The van der Waals surface area contributed by atoms with Gasteiger partial charge in [-0.15, -0.1) is 0 Å². The summed E-state index contributed by atoms with van der Waals surface area (Å²) in [5.41, 5.74) is 4.69. The van der Waals surface area contributed by atoms with E-state index in [-0.39, 0.29) is 16.5 Å². The van der Waals surface area contributed by atoms with Crippen LogP contribution in [-0.2, 0) is 6.18 Å². The quantitative estimate of drug-likeness (QED) is 0.630. The molecule has 0 heterocycles. The Kier molecular flexibility index (Phi) is 3.80. The lowest BCUT2D eigenvalue weighted by Gasteiger charge is -2.08. The van der Waals surface area contributed by atoms with Crippen LogP contribution in [0.4, 0.5) is 18.9 Å². The van der Waals surface area contributed by atoms with Crippen molar-refractivity contribution in [1.82, 2.24) is 0 Å². The Hall–Kier alpha value is -1.23. The Balaban J connectivity index is 3.19. The zero-order chi connectivity index (χ0) is 12.3. The van der Waals surface area contributed by atoms with Crippen molar-refractivity contribution in [2.75, 3.05) is 0 Å². The highest BCUT2D eigenvalue weighted by atomic mass is 35.5. The lowest BCUT2D eigenvalue weighted by molar-refractivity contribution is -0.137. The van der Waals surface area contributed by atoms with Gasteiger partial charge in [0.1, 0.15) is 0 Å². The van der Waals surface area contributed by atoms with Crippen molar-refractivity contribution in [3.63, 3.8) is 0 Å². The Morgan fingerprint density at radius 1 is 1.44 bits per heavy atom. The van der Waals surface area contributed by atoms with Crippen LogP contribution < -0.4 is 5.73 Å². The second-order valence-corrected chi connectivity index (χ2v) is 3.53. The van der Waals surface area contributed by atoms with E-state index in [9.17, 15) is 13.2 Å². The SMILES string of the molecule is CCC(N)=Nc1cc(C(F)(F)F)ccc1Cl. The average Bonchev–Trinajstić information content (AvgIpc) is 2.19. The fourth-order valence-electron chi connectivity index (χ4n) is 1.01. The van der Waals surface area contributed by atoms with E-state index in [2.05, 4.69) is 4.99 Å². The molecule has 0 spiro atoms. The van der Waals surface area contributed by atoms with Gasteiger partial charge in [0.05, 0.1) is 22.1 Å². The van der Waals surface area contributed by atoms with Gasteiger partial charge in [0, 0.05) is 6.42 Å². The van der Waals surface area contributed by atoms with Crippen molar-refractivity contribution in [3.8, 4) is 0 Å². The number of nitrogens with zero attached hydrogens (tertiary/aromatic N) is 1. The molecule has 0 aliphatic rings. The zero-order valence-electron chi connectivity index (χ0n) is 8.48. The van der Waals surface area contributed by atoms with Gasteiger partial charge in [-0.3, -0.25) is 0 Å². The maximum Gasteiger partial charge on any atom is 0.416 e. The van der Waals surface area contributed by atoms with Crippen LogP contribution in [0.1, 0.15) is 18.9 Å². The molecule has 6 heteroatoms. The van der Waals surface area contributed by atoms with Crippen LogP contribution in [0.25, 0.3) is 0 Å². The lowest BCUT2D eigenvalue weighted by atomic mass is 10.2. The number of aliphatic imine (C=N–C) groups is 1. The molecule has 0 fully saturated rings. The van der Waals surface area contributed by atoms with E-state index in [1.165, 1.54) is 0 Å². The number of alkyl halides is 3. The molecule has 0 unspecified atom stereocenters. The van der Waals surface area contributed by atoms with E-state index in [1.807, 2.05) is 0 Å². The Morgan fingerprint density at radius 2 is 2.06 bits per heavy atom. The molecule has 1 aromatic carbocycles. The lowest BCUT2D eigenvalue weighted by Crippen LogP contribution is -2.09. The molecular formula is C10H10ClF3N2. The molecular weight excluding hydrogens is 241 g/mol. The van der Waals surface area contributed by atoms with Gasteiger partial charge in [-0.1, -0.05) is 18.5 Å². The molecule has 0 bridgehead atoms. The highest BCUT2D eigenvalue weighted by Crippen LogP contribution is 2.34. The largest absolute Gasteiger partial charge is 0.416 e. The maximum absolute atomic E-state index is 12.4. The van der Waals surface area contributed by atoms with Crippen molar-refractivity contribution >= 4 is 23.1 Å². The number of halogens is 4. The second kappa shape index (κ2) is 4.74. The van der Waals surface area contributed by atoms with Crippen LogP contribution in [0, 0.1) is 0 Å². The topological polar surface area (TPSA) is 38.4 Å². The van der Waals surface area contributed by atoms with Crippen molar-refractivity contribution in [2.45, 2.75) is 19.5 Å². The molecule has 0 aliphatic carbocycles. The van der Waals surface area contributed by atoms with Crippen LogP contribution in [0.15, 0.2) is 23.2 Å². The molecule has 0 aliphatic heterocycles. The van der Waals surface area contributed by atoms with E-state index in [4.69, 9.17) is 17.3 Å². The first-order valence-electron chi connectivity index (χ1n) is 4.54. The molecule has 88 valence electrons. The average molecular weight is 251 g/mol. The summed E-state index contributed by atoms with van der Waals surface area (Å²) >= 11 is 5.72. The smallest absolute Gasteiger partial charge is 0.387 e. The summed E-state index contributed by atoms with van der Waals surface area (Å²) < 4.78 is 37.2. The van der Waals surface area contributed by atoms with E-state index < -0.39 is 11.7 Å². The molecule has 2 nitrogen and oxygen atoms in total. The van der Waals surface area contributed by atoms with Crippen LogP contribution in [0.3, 0.4) is 0 Å². The van der Waals surface area contributed by atoms with Crippen molar-refractivity contribution < 1.29 is 13.2 Å². The summed E-state index contributed by atoms with van der Waals surface area (Å²) in [5, 5.41) is 0.143. The molecule has 0 saturated carbocycles. The van der Waals surface area contributed by atoms with Crippen LogP contribution in [0.5, 0.6) is 0 Å². The normalized spacial score (nSPS) is 12.9. The summed E-state index contributed by atoms with van der Waals surface area (Å²) in [5.74, 6) is 0.237. The maximum atomic E-state index is 12.4. The van der Waals surface area contributed by atoms with Gasteiger partial charge < -0.3 is 5.73 Å². The Morgan fingerprint density at radius 3 is 2.56 bits per heavy atom. The van der Waals surface area contributed by atoms with Gasteiger partial charge in [0.15, 0.2) is 0 Å². The summed E-state index contributed by atoms with van der Waals surface area (Å²) in [6.45, 7) is 1.75. The van der Waals surface area contributed by atoms with Gasteiger partial charge in [-0.25, -0.2) is 4.99 Å². The Labute approximate surface area is 95.9 Å². The third-order valence-corrected chi connectivity index (χ3v) is 2.22. The second-order valence-electron chi connectivity index (χ2n) is 3.12. The predicted octanol–water partition coefficient (Wildman–Crippen LogP) is 3.76. The predicted molar refractivity (Wildman–Crippen MR) is 58.0 cm³/mol. The first-order chi connectivity index (χ1) is 7.34. The fraction of sp³-hybridized carbons (Fsp3) is 0.300. The molecule has 16 heavy (non-hydrogen) atoms. The van der Waals surface area contributed by atoms with Gasteiger partial charge >= 0.3 is 6.18 Å². The standard InChI is InChI=1S/C10H10ClF3N2/c1-2-9(15)16-8-5-6(10(12,13)14)3-4-7(8)11/h3-5H,2H2,1H3,(H2,15,16). The van der Waals surface area contributed by atoms with E-state index in [0.717, 1.165) is 18.2 Å². The number of rotatable bonds is 2. The van der Waals surface area contributed by atoms with Gasteiger partial charge in [-0.2, -0.15) is 13.2 Å². The highest BCUT2D eigenvalue weighted by molar-refractivity contribution is 6.33. The van der Waals surface area contributed by atoms with Crippen LogP contribution >= 0.6 is 11.6 Å². The summed E-state index contributed by atoms with van der Waals surface area (Å²) in [4.78, 5) is 3.81. The summed E-state index contributed by atoms with van der Waals surface area (Å²) in [6.07, 6.45) is -3.96. The van der Waals surface area contributed by atoms with Crippen LogP contribution in [0.2, 0.25) is 5.02 Å². The van der Waals surface area contributed by atoms with Crippen molar-refractivity contribution in [3.05, 3.63) is 28.8 Å². The highest BCUT2D eigenvalue weighted by Gasteiger charge is 2.30. The minimum Gasteiger partial charge on any atom is -0.387 e. The Bertz CT molecular complexity index is 413. The van der Waals surface area contributed by atoms with E-state index in [0.29, 0.717) is 6.42 Å². The fourth-order valence-corrected chi connectivity index (χ4v) is 1.17. The molecule has 2 N–H and O–H groups in total. The first-order valence-corrected chi connectivity index (χ1v) is 4.92.